The summed E-state index contributed by atoms with van der Waals surface area (Å²) in [7, 11) is 0. The summed E-state index contributed by atoms with van der Waals surface area (Å²) >= 11 is 0. The minimum absolute atomic E-state index is 0.311. The fraction of sp³-hybridized carbons (Fsp3) is 0.333. The van der Waals surface area contributed by atoms with E-state index in [2.05, 4.69) is 9.97 Å². The molecule has 1 heterocycles. The van der Waals surface area contributed by atoms with Crippen molar-refractivity contribution >= 4 is 5.69 Å². The average molecular weight is 289 g/mol. The van der Waals surface area contributed by atoms with E-state index in [0.717, 1.165) is 12.2 Å². The number of aromatic nitrogens is 2. The highest BCUT2D eigenvalue weighted by Crippen LogP contribution is 2.26. The maximum absolute atomic E-state index is 5.90. The number of nitrogen functional groups attached to an aromatic ring is 1. The first-order valence-electron chi connectivity index (χ1n) is 6.85. The summed E-state index contributed by atoms with van der Waals surface area (Å²) in [6.07, 6.45) is 2.25. The molecule has 6 nitrogen and oxygen atoms in total. The molecule has 0 bridgehead atoms. The molecule has 2 rings (SSSR count). The fourth-order valence-electron chi connectivity index (χ4n) is 1.61. The molecule has 21 heavy (non-hydrogen) atoms. The van der Waals surface area contributed by atoms with Gasteiger partial charge in [0.25, 0.3) is 0 Å². The van der Waals surface area contributed by atoms with Gasteiger partial charge in [0, 0.05) is 0 Å². The summed E-state index contributed by atoms with van der Waals surface area (Å²) in [5.74, 6) is 1.46. The Morgan fingerprint density at radius 3 is 2.19 bits per heavy atom. The van der Waals surface area contributed by atoms with Crippen molar-refractivity contribution in [2.75, 3.05) is 25.6 Å². The van der Waals surface area contributed by atoms with Gasteiger partial charge in [0.2, 0.25) is 11.8 Å². The molecule has 6 heteroatoms. The molecule has 0 aliphatic heterocycles. The van der Waals surface area contributed by atoms with Gasteiger partial charge in [-0.05, 0) is 18.6 Å². The lowest BCUT2D eigenvalue weighted by Crippen LogP contribution is -2.12. The molecule has 2 aromatic rings. The minimum atomic E-state index is 0.311. The SMILES string of the molecule is CCCOc1ncnc(OCCOc2ccccc2)c1N. The van der Waals surface area contributed by atoms with Crippen molar-refractivity contribution in [1.82, 2.24) is 9.97 Å². The normalized spacial score (nSPS) is 10.1. The lowest BCUT2D eigenvalue weighted by molar-refractivity contribution is 0.211. The summed E-state index contributed by atoms with van der Waals surface area (Å²) < 4.78 is 16.4. The quantitative estimate of drug-likeness (QED) is 0.751. The van der Waals surface area contributed by atoms with Crippen molar-refractivity contribution in [3.63, 3.8) is 0 Å². The number of anilines is 1. The third-order valence-corrected chi connectivity index (χ3v) is 2.59. The Morgan fingerprint density at radius 2 is 1.52 bits per heavy atom. The highest BCUT2D eigenvalue weighted by atomic mass is 16.5. The molecule has 0 amide bonds. The lowest BCUT2D eigenvalue weighted by atomic mass is 10.3. The van der Waals surface area contributed by atoms with Gasteiger partial charge in [0.15, 0.2) is 5.69 Å². The maximum Gasteiger partial charge on any atom is 0.244 e. The Labute approximate surface area is 123 Å². The number of nitrogens with zero attached hydrogens (tertiary/aromatic N) is 2. The molecule has 0 saturated heterocycles. The maximum atomic E-state index is 5.90. The van der Waals surface area contributed by atoms with Crippen LogP contribution in [-0.4, -0.2) is 29.8 Å². The number of hydrogen-bond donors (Lipinski definition) is 1. The van der Waals surface area contributed by atoms with Gasteiger partial charge >= 0.3 is 0 Å². The van der Waals surface area contributed by atoms with Crippen molar-refractivity contribution in [3.05, 3.63) is 36.7 Å². The van der Waals surface area contributed by atoms with E-state index in [1.54, 1.807) is 0 Å². The van der Waals surface area contributed by atoms with Crippen LogP contribution in [0.5, 0.6) is 17.5 Å². The van der Waals surface area contributed by atoms with E-state index in [1.807, 2.05) is 37.3 Å². The predicted molar refractivity (Wildman–Crippen MR) is 79.7 cm³/mol. The van der Waals surface area contributed by atoms with Gasteiger partial charge in [-0.15, -0.1) is 0 Å². The number of benzene rings is 1. The van der Waals surface area contributed by atoms with Crippen molar-refractivity contribution in [2.45, 2.75) is 13.3 Å². The fourth-order valence-corrected chi connectivity index (χ4v) is 1.61. The van der Waals surface area contributed by atoms with E-state index in [-0.39, 0.29) is 0 Å². The molecular formula is C15H19N3O3. The number of hydrogen-bond acceptors (Lipinski definition) is 6. The molecule has 0 atom stereocenters. The van der Waals surface area contributed by atoms with Gasteiger partial charge < -0.3 is 19.9 Å². The van der Waals surface area contributed by atoms with Gasteiger partial charge in [-0.3, -0.25) is 0 Å². The standard InChI is InChI=1S/C15H19N3O3/c1-2-8-20-14-13(16)15(18-11-17-14)21-10-9-19-12-6-4-3-5-7-12/h3-7,11H,2,8-10,16H2,1H3. The summed E-state index contributed by atoms with van der Waals surface area (Å²) in [5, 5.41) is 0. The van der Waals surface area contributed by atoms with Crippen LogP contribution in [0.2, 0.25) is 0 Å². The van der Waals surface area contributed by atoms with Crippen LogP contribution in [0.1, 0.15) is 13.3 Å². The van der Waals surface area contributed by atoms with E-state index in [9.17, 15) is 0 Å². The average Bonchev–Trinajstić information content (AvgIpc) is 2.53. The first-order valence-corrected chi connectivity index (χ1v) is 6.85. The van der Waals surface area contributed by atoms with E-state index >= 15 is 0 Å². The third-order valence-electron chi connectivity index (χ3n) is 2.59. The molecule has 0 radical (unpaired) electrons. The van der Waals surface area contributed by atoms with Crippen LogP contribution in [0.25, 0.3) is 0 Å². The van der Waals surface area contributed by atoms with Crippen LogP contribution in [-0.2, 0) is 0 Å². The minimum Gasteiger partial charge on any atom is -0.490 e. The Hall–Kier alpha value is -2.50. The van der Waals surface area contributed by atoms with Crippen LogP contribution in [0.3, 0.4) is 0 Å². The Morgan fingerprint density at radius 1 is 0.905 bits per heavy atom. The van der Waals surface area contributed by atoms with Gasteiger partial charge in [0.05, 0.1) is 6.61 Å². The molecule has 112 valence electrons. The van der Waals surface area contributed by atoms with Crippen LogP contribution < -0.4 is 19.9 Å². The molecule has 0 fully saturated rings. The molecule has 0 aliphatic rings. The number of rotatable bonds is 8. The first kappa shape index (κ1) is 14.9. The smallest absolute Gasteiger partial charge is 0.244 e. The Balaban J connectivity index is 1.83. The summed E-state index contributed by atoms with van der Waals surface area (Å²) in [6.45, 7) is 3.30. The number of ether oxygens (including phenoxy) is 3. The van der Waals surface area contributed by atoms with Gasteiger partial charge in [-0.1, -0.05) is 25.1 Å². The van der Waals surface area contributed by atoms with Crippen molar-refractivity contribution in [3.8, 4) is 17.5 Å². The topological polar surface area (TPSA) is 79.5 Å². The summed E-state index contributed by atoms with van der Waals surface area (Å²) in [5.41, 5.74) is 6.21. The van der Waals surface area contributed by atoms with Crippen LogP contribution in [0.4, 0.5) is 5.69 Å². The Kier molecular flexibility index (Phi) is 5.63. The van der Waals surface area contributed by atoms with E-state index in [1.165, 1.54) is 6.33 Å². The number of nitrogens with two attached hydrogens (primary N) is 1. The molecule has 0 unspecified atom stereocenters. The molecule has 0 spiro atoms. The first-order chi connectivity index (χ1) is 10.3. The van der Waals surface area contributed by atoms with Crippen LogP contribution >= 0.6 is 0 Å². The molecule has 1 aromatic heterocycles. The van der Waals surface area contributed by atoms with Gasteiger partial charge in [0.1, 0.15) is 25.3 Å². The van der Waals surface area contributed by atoms with Crippen molar-refractivity contribution < 1.29 is 14.2 Å². The Bertz CT molecular complexity index is 549. The summed E-state index contributed by atoms with van der Waals surface area (Å²) in [6, 6.07) is 9.53. The molecule has 2 N–H and O–H groups in total. The number of para-hydroxylation sites is 1. The molecule has 0 aliphatic carbocycles. The zero-order valence-electron chi connectivity index (χ0n) is 12.0. The lowest BCUT2D eigenvalue weighted by Gasteiger charge is -2.11. The van der Waals surface area contributed by atoms with E-state index in [0.29, 0.717) is 37.3 Å². The predicted octanol–water partition coefficient (Wildman–Crippen LogP) is 2.31. The zero-order valence-corrected chi connectivity index (χ0v) is 12.0. The molecule has 0 saturated carbocycles. The zero-order chi connectivity index (χ0) is 14.9. The van der Waals surface area contributed by atoms with Crippen LogP contribution in [0, 0.1) is 0 Å². The van der Waals surface area contributed by atoms with Crippen molar-refractivity contribution in [2.24, 2.45) is 0 Å². The largest absolute Gasteiger partial charge is 0.490 e. The second-order valence-corrected chi connectivity index (χ2v) is 4.26. The van der Waals surface area contributed by atoms with Gasteiger partial charge in [-0.25, -0.2) is 0 Å². The highest BCUT2D eigenvalue weighted by Gasteiger charge is 2.10. The second-order valence-electron chi connectivity index (χ2n) is 4.26. The monoisotopic (exact) mass is 289 g/mol. The third kappa shape index (κ3) is 4.52. The molecular weight excluding hydrogens is 270 g/mol. The second kappa shape index (κ2) is 7.94. The molecule has 1 aromatic carbocycles. The van der Waals surface area contributed by atoms with E-state index in [4.69, 9.17) is 19.9 Å². The van der Waals surface area contributed by atoms with Crippen molar-refractivity contribution in [1.29, 1.82) is 0 Å². The van der Waals surface area contributed by atoms with Gasteiger partial charge in [-0.2, -0.15) is 9.97 Å². The van der Waals surface area contributed by atoms with Crippen LogP contribution in [0.15, 0.2) is 36.7 Å². The summed E-state index contributed by atoms with van der Waals surface area (Å²) in [4.78, 5) is 7.98. The highest BCUT2D eigenvalue weighted by molar-refractivity contribution is 5.55. The van der Waals surface area contributed by atoms with E-state index < -0.39 is 0 Å².